The zero-order chi connectivity index (χ0) is 23.6. The van der Waals surface area contributed by atoms with Crippen LogP contribution < -0.4 is 5.32 Å². The molecule has 0 radical (unpaired) electrons. The van der Waals surface area contributed by atoms with Crippen LogP contribution >= 0.6 is 22.9 Å². The molecular weight excluding hydrogens is 484 g/mol. The molecule has 0 saturated carbocycles. The van der Waals surface area contributed by atoms with Gasteiger partial charge in [0.15, 0.2) is 0 Å². The Kier molecular flexibility index (Phi) is 7.18. The van der Waals surface area contributed by atoms with Gasteiger partial charge in [0, 0.05) is 19.0 Å². The maximum atomic E-state index is 12.7. The molecule has 1 N–H and O–H groups in total. The van der Waals surface area contributed by atoms with Crippen LogP contribution in [0.4, 0.5) is 6.01 Å². The fourth-order valence-corrected chi connectivity index (χ4v) is 6.81. The van der Waals surface area contributed by atoms with Crippen molar-refractivity contribution in [1.82, 2.24) is 14.5 Å². The highest BCUT2D eigenvalue weighted by Crippen LogP contribution is 2.31. The Bertz CT molecular complexity index is 1210. The van der Waals surface area contributed by atoms with E-state index in [2.05, 4.69) is 41.5 Å². The van der Waals surface area contributed by atoms with Gasteiger partial charge in [0.2, 0.25) is 11.8 Å². The molecule has 8 nitrogen and oxygen atoms in total. The van der Waals surface area contributed by atoms with Crippen LogP contribution in [0.15, 0.2) is 45.0 Å². The summed E-state index contributed by atoms with van der Waals surface area (Å²) in [5.74, 6) is 0.300. The van der Waals surface area contributed by atoms with Crippen molar-refractivity contribution in [2.45, 2.75) is 43.2 Å². The van der Waals surface area contributed by atoms with Gasteiger partial charge in [0.05, 0.1) is 10.8 Å². The minimum Gasteiger partial charge on any atom is -0.407 e. The number of halogens is 1. The highest BCUT2D eigenvalue weighted by molar-refractivity contribution is 7.91. The van der Waals surface area contributed by atoms with Gasteiger partial charge < -0.3 is 4.42 Å². The number of nitrogens with zero attached hydrogens (tertiary/aromatic N) is 3. The summed E-state index contributed by atoms with van der Waals surface area (Å²) in [7, 11) is -3.59. The number of anilines is 1. The lowest BCUT2D eigenvalue weighted by atomic mass is 9.97. The van der Waals surface area contributed by atoms with E-state index in [1.807, 2.05) is 12.1 Å². The Morgan fingerprint density at radius 3 is 2.48 bits per heavy atom. The van der Waals surface area contributed by atoms with E-state index in [0.29, 0.717) is 35.4 Å². The highest BCUT2D eigenvalue weighted by atomic mass is 35.5. The number of sulfonamides is 1. The van der Waals surface area contributed by atoms with Gasteiger partial charge in [0.25, 0.3) is 10.0 Å². The second-order valence-corrected chi connectivity index (χ2v) is 12.2. The number of piperidine rings is 1. The van der Waals surface area contributed by atoms with Crippen molar-refractivity contribution in [3.8, 4) is 0 Å². The summed E-state index contributed by atoms with van der Waals surface area (Å²) >= 11 is 6.90. The topological polar surface area (TPSA) is 105 Å². The first-order valence-corrected chi connectivity index (χ1v) is 13.3. The number of rotatable bonds is 7. The largest absolute Gasteiger partial charge is 0.407 e. The molecular formula is C22H25ClN4O4S2. The molecule has 4 rings (SSSR count). The van der Waals surface area contributed by atoms with Gasteiger partial charge in [0.1, 0.15) is 4.21 Å². The summed E-state index contributed by atoms with van der Waals surface area (Å²) in [6.45, 7) is 4.81. The van der Waals surface area contributed by atoms with Crippen molar-refractivity contribution in [2.24, 2.45) is 5.92 Å². The van der Waals surface area contributed by atoms with E-state index in [-0.39, 0.29) is 35.1 Å². The van der Waals surface area contributed by atoms with E-state index >= 15 is 0 Å². The van der Waals surface area contributed by atoms with Gasteiger partial charge >= 0.3 is 6.01 Å². The van der Waals surface area contributed by atoms with Crippen molar-refractivity contribution in [2.75, 3.05) is 18.4 Å². The number of carbonyl (C=O) groups is 1. The lowest BCUT2D eigenvalue weighted by molar-refractivity contribution is -0.121. The Balaban J connectivity index is 1.30. The van der Waals surface area contributed by atoms with Crippen molar-refractivity contribution in [3.63, 3.8) is 0 Å². The number of hydrogen-bond donors (Lipinski definition) is 1. The lowest BCUT2D eigenvalue weighted by Gasteiger charge is -2.29. The molecule has 1 aromatic carbocycles. The smallest absolute Gasteiger partial charge is 0.322 e. The molecule has 1 aliphatic rings. The number of thiophene rings is 1. The van der Waals surface area contributed by atoms with Gasteiger partial charge in [-0.2, -0.15) is 4.31 Å². The predicted octanol–water partition coefficient (Wildman–Crippen LogP) is 4.54. The zero-order valence-electron chi connectivity index (χ0n) is 18.3. The fourth-order valence-electron chi connectivity index (χ4n) is 3.70. The molecule has 0 aliphatic carbocycles. The molecule has 0 unspecified atom stereocenters. The lowest BCUT2D eigenvalue weighted by Crippen LogP contribution is -2.41. The zero-order valence-corrected chi connectivity index (χ0v) is 20.7. The number of amides is 1. The minimum absolute atomic E-state index is 0.0529. The Morgan fingerprint density at radius 2 is 1.88 bits per heavy atom. The third-order valence-corrected chi connectivity index (χ3v) is 9.26. The number of aromatic nitrogens is 2. The van der Waals surface area contributed by atoms with Gasteiger partial charge in [-0.3, -0.25) is 10.1 Å². The number of nitrogens with one attached hydrogen (secondary N) is 1. The Labute approximate surface area is 202 Å². The van der Waals surface area contributed by atoms with E-state index in [0.717, 1.165) is 16.9 Å². The minimum atomic E-state index is -3.59. The average Bonchev–Trinajstić information content (AvgIpc) is 3.43. The van der Waals surface area contributed by atoms with Gasteiger partial charge in [-0.1, -0.05) is 54.8 Å². The normalized spacial score (nSPS) is 15.8. The average molecular weight is 509 g/mol. The third-order valence-electron chi connectivity index (χ3n) is 5.67. The monoisotopic (exact) mass is 508 g/mol. The van der Waals surface area contributed by atoms with E-state index in [9.17, 15) is 13.2 Å². The van der Waals surface area contributed by atoms with Crippen LogP contribution in [0.1, 0.15) is 49.6 Å². The summed E-state index contributed by atoms with van der Waals surface area (Å²) in [6, 6.07) is 11.4. The highest BCUT2D eigenvalue weighted by Gasteiger charge is 2.33. The Hall–Kier alpha value is -2.27. The standard InChI is InChI=1S/C22H25ClN4O4S2/c1-14(2)16-5-3-15(4-6-16)13-19-25-26-22(31-19)24-21(28)17-9-11-27(12-10-17)33(29,30)20-8-7-18(23)32-20/h3-8,14,17H,9-13H2,1-2H3,(H,24,26,28). The third kappa shape index (κ3) is 5.63. The summed E-state index contributed by atoms with van der Waals surface area (Å²) in [4.78, 5) is 12.6. The summed E-state index contributed by atoms with van der Waals surface area (Å²) in [5, 5.41) is 10.6. The van der Waals surface area contributed by atoms with E-state index in [1.54, 1.807) is 6.07 Å². The fraction of sp³-hybridized carbons (Fsp3) is 0.409. The number of carbonyl (C=O) groups excluding carboxylic acids is 1. The summed E-state index contributed by atoms with van der Waals surface area (Å²) in [6.07, 6.45) is 1.30. The van der Waals surface area contributed by atoms with Gasteiger partial charge in [-0.05, 0) is 42.0 Å². The molecule has 3 aromatic rings. The molecule has 1 amide bonds. The molecule has 33 heavy (non-hydrogen) atoms. The SMILES string of the molecule is CC(C)c1ccc(Cc2nnc(NC(=O)C3CCN(S(=O)(=O)c4ccc(Cl)s4)CC3)o2)cc1. The second-order valence-electron chi connectivity index (χ2n) is 8.30. The van der Waals surface area contributed by atoms with E-state index in [4.69, 9.17) is 16.0 Å². The van der Waals surface area contributed by atoms with E-state index < -0.39 is 10.0 Å². The number of hydrogen-bond acceptors (Lipinski definition) is 7. The molecule has 1 saturated heterocycles. The maximum Gasteiger partial charge on any atom is 0.322 e. The van der Waals surface area contributed by atoms with Crippen LogP contribution in [0.5, 0.6) is 0 Å². The second kappa shape index (κ2) is 9.92. The molecule has 0 spiro atoms. The predicted molar refractivity (Wildman–Crippen MR) is 127 cm³/mol. The Morgan fingerprint density at radius 1 is 1.18 bits per heavy atom. The van der Waals surface area contributed by atoms with Crippen LogP contribution in [0.2, 0.25) is 4.34 Å². The molecule has 3 heterocycles. The van der Waals surface area contributed by atoms with Crippen molar-refractivity contribution in [1.29, 1.82) is 0 Å². The van der Waals surface area contributed by atoms with Crippen LogP contribution in [0, 0.1) is 5.92 Å². The first-order chi connectivity index (χ1) is 15.7. The van der Waals surface area contributed by atoms with Crippen LogP contribution in [-0.2, 0) is 21.2 Å². The first kappa shape index (κ1) is 23.9. The molecule has 1 fully saturated rings. The maximum absolute atomic E-state index is 12.7. The molecule has 1 aliphatic heterocycles. The first-order valence-electron chi connectivity index (χ1n) is 10.7. The van der Waals surface area contributed by atoms with Crippen molar-refractivity contribution < 1.29 is 17.6 Å². The molecule has 2 aromatic heterocycles. The van der Waals surface area contributed by atoms with Crippen molar-refractivity contribution >= 4 is 44.9 Å². The molecule has 0 bridgehead atoms. The van der Waals surface area contributed by atoms with Gasteiger partial charge in [-0.15, -0.1) is 16.4 Å². The van der Waals surface area contributed by atoms with Crippen molar-refractivity contribution in [3.05, 3.63) is 57.8 Å². The van der Waals surface area contributed by atoms with Crippen LogP contribution in [0.3, 0.4) is 0 Å². The van der Waals surface area contributed by atoms with Gasteiger partial charge in [-0.25, -0.2) is 8.42 Å². The molecule has 11 heteroatoms. The molecule has 0 atom stereocenters. The van der Waals surface area contributed by atoms with Crippen LogP contribution in [-0.4, -0.2) is 41.9 Å². The number of benzene rings is 1. The summed E-state index contributed by atoms with van der Waals surface area (Å²) in [5.41, 5.74) is 2.30. The summed E-state index contributed by atoms with van der Waals surface area (Å²) < 4.78 is 33.1. The quantitative estimate of drug-likeness (QED) is 0.502. The molecule has 176 valence electrons. The van der Waals surface area contributed by atoms with Crippen LogP contribution in [0.25, 0.3) is 0 Å². The van der Waals surface area contributed by atoms with E-state index in [1.165, 1.54) is 15.9 Å².